The molecule has 0 saturated carbocycles. The summed E-state index contributed by atoms with van der Waals surface area (Å²) < 4.78 is 5.44. The number of hydrogen-bond acceptors (Lipinski definition) is 6. The molecule has 0 amide bonds. The largest absolute Gasteiger partial charge is 0.496 e. The summed E-state index contributed by atoms with van der Waals surface area (Å²) in [6.07, 6.45) is 4.56. The Morgan fingerprint density at radius 1 is 1.29 bits per heavy atom. The highest BCUT2D eigenvalue weighted by molar-refractivity contribution is 7.13. The first-order chi connectivity index (χ1) is 11.8. The summed E-state index contributed by atoms with van der Waals surface area (Å²) in [5.41, 5.74) is 4.55. The molecule has 0 spiro atoms. The minimum absolute atomic E-state index is 0.842. The van der Waals surface area contributed by atoms with Gasteiger partial charge in [-0.25, -0.2) is 15.0 Å². The van der Waals surface area contributed by atoms with Gasteiger partial charge >= 0.3 is 0 Å². The fourth-order valence-corrected chi connectivity index (χ4v) is 3.83. The van der Waals surface area contributed by atoms with Crippen LogP contribution in [0.5, 0.6) is 5.75 Å². The maximum absolute atomic E-state index is 5.44. The lowest BCUT2D eigenvalue weighted by Crippen LogP contribution is -2.30. The molecule has 122 valence electrons. The third kappa shape index (κ3) is 3.02. The normalized spacial score (nSPS) is 14.4. The van der Waals surface area contributed by atoms with Gasteiger partial charge in [-0.05, 0) is 24.1 Å². The molecule has 1 aromatic carbocycles. The number of para-hydroxylation sites is 1. The highest BCUT2D eigenvalue weighted by Gasteiger charge is 2.19. The predicted molar refractivity (Wildman–Crippen MR) is 94.0 cm³/mol. The molecular weight excluding hydrogens is 320 g/mol. The van der Waals surface area contributed by atoms with Gasteiger partial charge in [0.15, 0.2) is 0 Å². The highest BCUT2D eigenvalue weighted by atomic mass is 32.1. The number of rotatable bonds is 4. The van der Waals surface area contributed by atoms with Crippen LogP contribution in [0.1, 0.15) is 17.0 Å². The third-order valence-corrected chi connectivity index (χ3v) is 5.15. The van der Waals surface area contributed by atoms with Gasteiger partial charge in [-0.15, -0.1) is 11.3 Å². The average molecular weight is 338 g/mol. The average Bonchev–Trinajstić information content (AvgIpc) is 3.10. The van der Waals surface area contributed by atoms with Crippen LogP contribution >= 0.6 is 11.3 Å². The molecule has 6 heteroatoms. The molecular formula is C18H18N4OS. The van der Waals surface area contributed by atoms with Gasteiger partial charge in [-0.2, -0.15) is 0 Å². The summed E-state index contributed by atoms with van der Waals surface area (Å²) in [7, 11) is 1.69. The number of thiazole rings is 1. The van der Waals surface area contributed by atoms with E-state index < -0.39 is 0 Å². The Kier molecular flexibility index (Phi) is 4.23. The van der Waals surface area contributed by atoms with E-state index in [0.717, 1.165) is 53.8 Å². The lowest BCUT2D eigenvalue weighted by molar-refractivity contribution is 0.239. The lowest BCUT2D eigenvalue weighted by Gasteiger charge is -2.26. The van der Waals surface area contributed by atoms with E-state index in [2.05, 4.69) is 26.3 Å². The topological polar surface area (TPSA) is 51.1 Å². The van der Waals surface area contributed by atoms with Crippen molar-refractivity contribution >= 4 is 11.3 Å². The van der Waals surface area contributed by atoms with Crippen molar-refractivity contribution in [2.75, 3.05) is 13.7 Å². The molecule has 4 rings (SSSR count). The number of fused-ring (bicyclic) bond motifs is 1. The second-order valence-electron chi connectivity index (χ2n) is 5.80. The molecule has 0 bridgehead atoms. The quantitative estimate of drug-likeness (QED) is 0.731. The van der Waals surface area contributed by atoms with E-state index in [1.165, 1.54) is 5.56 Å². The molecule has 0 atom stereocenters. The summed E-state index contributed by atoms with van der Waals surface area (Å²) in [6, 6.07) is 8.01. The van der Waals surface area contributed by atoms with E-state index in [0.29, 0.717) is 0 Å². The Morgan fingerprint density at radius 2 is 2.21 bits per heavy atom. The first kappa shape index (κ1) is 15.2. The van der Waals surface area contributed by atoms with Gasteiger partial charge in [0, 0.05) is 31.2 Å². The number of aromatic nitrogens is 3. The van der Waals surface area contributed by atoms with E-state index in [-0.39, 0.29) is 0 Å². The molecule has 0 N–H and O–H groups in total. The Balaban J connectivity index is 1.50. The molecule has 1 aliphatic rings. The summed E-state index contributed by atoms with van der Waals surface area (Å²) in [6.45, 7) is 2.72. The molecule has 3 aromatic rings. The van der Waals surface area contributed by atoms with Crippen LogP contribution in [0, 0.1) is 0 Å². The predicted octanol–water partition coefficient (Wildman–Crippen LogP) is 3.17. The van der Waals surface area contributed by atoms with Crippen LogP contribution < -0.4 is 4.74 Å². The van der Waals surface area contributed by atoms with E-state index in [1.54, 1.807) is 24.8 Å². The molecule has 0 radical (unpaired) electrons. The van der Waals surface area contributed by atoms with E-state index >= 15 is 0 Å². The van der Waals surface area contributed by atoms with Crippen molar-refractivity contribution in [3.63, 3.8) is 0 Å². The maximum atomic E-state index is 5.44. The molecule has 2 aromatic heterocycles. The first-order valence-corrected chi connectivity index (χ1v) is 8.79. The lowest BCUT2D eigenvalue weighted by atomic mass is 10.1. The van der Waals surface area contributed by atoms with Gasteiger partial charge in [-0.1, -0.05) is 12.1 Å². The van der Waals surface area contributed by atoms with Gasteiger partial charge in [0.1, 0.15) is 17.1 Å². The van der Waals surface area contributed by atoms with E-state index in [1.807, 2.05) is 24.4 Å². The molecule has 1 aliphatic heterocycles. The van der Waals surface area contributed by atoms with Crippen LogP contribution in [0.15, 0.2) is 42.2 Å². The highest BCUT2D eigenvalue weighted by Crippen LogP contribution is 2.32. The molecule has 24 heavy (non-hydrogen) atoms. The molecule has 5 nitrogen and oxygen atoms in total. The number of hydrogen-bond donors (Lipinski definition) is 0. The molecule has 0 saturated heterocycles. The Hall–Kier alpha value is -2.31. The van der Waals surface area contributed by atoms with Crippen LogP contribution in [-0.2, 0) is 19.5 Å². The second kappa shape index (κ2) is 6.67. The van der Waals surface area contributed by atoms with Crippen LogP contribution in [0.4, 0.5) is 0 Å². The zero-order chi connectivity index (χ0) is 16.4. The van der Waals surface area contributed by atoms with Crippen LogP contribution in [0.3, 0.4) is 0 Å². The Morgan fingerprint density at radius 3 is 3.12 bits per heavy atom. The number of benzene rings is 1. The van der Waals surface area contributed by atoms with Crippen LogP contribution in [0.2, 0.25) is 0 Å². The molecule has 3 heterocycles. The monoisotopic (exact) mass is 338 g/mol. The van der Waals surface area contributed by atoms with Crippen molar-refractivity contribution in [1.82, 2.24) is 19.9 Å². The van der Waals surface area contributed by atoms with Gasteiger partial charge in [0.05, 0.1) is 24.1 Å². The second-order valence-corrected chi connectivity index (χ2v) is 6.66. The van der Waals surface area contributed by atoms with E-state index in [9.17, 15) is 0 Å². The minimum Gasteiger partial charge on any atom is -0.496 e. The van der Waals surface area contributed by atoms with Crippen LogP contribution in [0.25, 0.3) is 10.6 Å². The van der Waals surface area contributed by atoms with Gasteiger partial charge in [-0.3, -0.25) is 4.90 Å². The summed E-state index contributed by atoms with van der Waals surface area (Å²) in [5.74, 6) is 0.863. The minimum atomic E-state index is 0.842. The van der Waals surface area contributed by atoms with Crippen molar-refractivity contribution in [2.24, 2.45) is 0 Å². The summed E-state index contributed by atoms with van der Waals surface area (Å²) in [5, 5.41) is 3.14. The van der Waals surface area contributed by atoms with Crippen LogP contribution in [-0.4, -0.2) is 33.5 Å². The number of ether oxygens (including phenoxy) is 1. The SMILES string of the molecule is COc1ccccc1-c1nc(CN2CCc3cncnc3C2)cs1. The summed E-state index contributed by atoms with van der Waals surface area (Å²) >= 11 is 1.66. The van der Waals surface area contributed by atoms with Crippen molar-refractivity contribution < 1.29 is 4.74 Å². The Labute approximate surface area is 145 Å². The molecule has 0 fully saturated rings. The smallest absolute Gasteiger partial charge is 0.129 e. The fraction of sp³-hybridized carbons (Fsp3) is 0.278. The van der Waals surface area contributed by atoms with Gasteiger partial charge < -0.3 is 4.74 Å². The summed E-state index contributed by atoms with van der Waals surface area (Å²) in [4.78, 5) is 15.7. The van der Waals surface area contributed by atoms with Gasteiger partial charge in [0.25, 0.3) is 0 Å². The first-order valence-electron chi connectivity index (χ1n) is 7.91. The molecule has 0 aliphatic carbocycles. The number of nitrogens with zero attached hydrogens (tertiary/aromatic N) is 4. The number of methoxy groups -OCH3 is 1. The zero-order valence-electron chi connectivity index (χ0n) is 13.5. The fourth-order valence-electron chi connectivity index (χ4n) is 2.99. The van der Waals surface area contributed by atoms with Crippen molar-refractivity contribution in [3.8, 4) is 16.3 Å². The van der Waals surface area contributed by atoms with Crippen molar-refractivity contribution in [1.29, 1.82) is 0 Å². The zero-order valence-corrected chi connectivity index (χ0v) is 14.3. The van der Waals surface area contributed by atoms with E-state index in [4.69, 9.17) is 9.72 Å². The standard InChI is InChI=1S/C18H18N4OS/c1-23-17-5-3-2-4-15(17)18-21-14(11-24-18)9-22-7-6-13-8-19-12-20-16(13)10-22/h2-5,8,11-12H,6-7,9-10H2,1H3. The Bertz CT molecular complexity index is 848. The molecule has 0 unspecified atom stereocenters. The third-order valence-electron chi connectivity index (χ3n) is 4.23. The van der Waals surface area contributed by atoms with Crippen molar-refractivity contribution in [2.45, 2.75) is 19.5 Å². The van der Waals surface area contributed by atoms with Gasteiger partial charge in [0.2, 0.25) is 0 Å². The van der Waals surface area contributed by atoms with Crippen molar-refractivity contribution in [3.05, 3.63) is 59.1 Å². The maximum Gasteiger partial charge on any atom is 0.129 e.